The van der Waals surface area contributed by atoms with E-state index in [-0.39, 0.29) is 17.9 Å². The molecule has 4 nitrogen and oxygen atoms in total. The topological polar surface area (TPSA) is 40.6 Å². The van der Waals surface area contributed by atoms with E-state index in [1.165, 1.54) is 0 Å². The fourth-order valence-corrected chi connectivity index (χ4v) is 3.21. The summed E-state index contributed by atoms with van der Waals surface area (Å²) in [5.74, 6) is 0.0285. The van der Waals surface area contributed by atoms with Crippen molar-refractivity contribution in [3.8, 4) is 0 Å². The lowest BCUT2D eigenvalue weighted by atomic mass is 10.0. The molecule has 3 rings (SSSR count). The number of carbonyl (C=O) groups is 2. The lowest BCUT2D eigenvalue weighted by Crippen LogP contribution is -2.56. The van der Waals surface area contributed by atoms with Gasteiger partial charge in [-0.1, -0.05) is 42.5 Å². The van der Waals surface area contributed by atoms with Crippen LogP contribution in [0.4, 0.5) is 0 Å². The highest BCUT2D eigenvalue weighted by molar-refractivity contribution is 5.96. The summed E-state index contributed by atoms with van der Waals surface area (Å²) in [4.78, 5) is 29.2. The van der Waals surface area contributed by atoms with Crippen LogP contribution in [0.25, 0.3) is 0 Å². The molecule has 1 aliphatic rings. The molecule has 0 spiro atoms. The third kappa shape index (κ3) is 3.79. The summed E-state index contributed by atoms with van der Waals surface area (Å²) >= 11 is 0. The van der Waals surface area contributed by atoms with E-state index in [9.17, 15) is 9.59 Å². The minimum absolute atomic E-state index is 0.0132. The van der Waals surface area contributed by atoms with Crippen molar-refractivity contribution in [2.45, 2.75) is 12.5 Å². The van der Waals surface area contributed by atoms with E-state index in [0.717, 1.165) is 0 Å². The van der Waals surface area contributed by atoms with Crippen molar-refractivity contribution in [3.05, 3.63) is 84.4 Å². The van der Waals surface area contributed by atoms with Crippen LogP contribution in [0.2, 0.25) is 0 Å². The van der Waals surface area contributed by atoms with E-state index in [0.29, 0.717) is 37.2 Å². The second-order valence-electron chi connectivity index (χ2n) is 6.16. The summed E-state index contributed by atoms with van der Waals surface area (Å²) in [5.41, 5.74) is 1.36. The van der Waals surface area contributed by atoms with E-state index in [1.54, 1.807) is 0 Å². The summed E-state index contributed by atoms with van der Waals surface area (Å²) < 4.78 is 0. The van der Waals surface area contributed by atoms with Crippen LogP contribution < -0.4 is 0 Å². The summed E-state index contributed by atoms with van der Waals surface area (Å²) in [6.45, 7) is 5.41. The van der Waals surface area contributed by atoms with Crippen molar-refractivity contribution in [2.24, 2.45) is 0 Å². The Hall–Kier alpha value is -2.88. The number of amides is 2. The minimum atomic E-state index is -0.0494. The summed E-state index contributed by atoms with van der Waals surface area (Å²) in [6, 6.07) is 18.5. The van der Waals surface area contributed by atoms with Crippen molar-refractivity contribution in [1.29, 1.82) is 0 Å². The van der Waals surface area contributed by atoms with Crippen LogP contribution in [0.5, 0.6) is 0 Å². The number of hydrogen-bond donors (Lipinski definition) is 0. The smallest absolute Gasteiger partial charge is 0.254 e. The quantitative estimate of drug-likeness (QED) is 0.806. The number of hydrogen-bond acceptors (Lipinski definition) is 2. The number of rotatable bonds is 4. The molecule has 0 N–H and O–H groups in total. The van der Waals surface area contributed by atoms with Crippen molar-refractivity contribution >= 4 is 11.8 Å². The molecule has 1 atom stereocenters. The van der Waals surface area contributed by atoms with Crippen LogP contribution in [-0.2, 0) is 0 Å². The summed E-state index contributed by atoms with van der Waals surface area (Å²) in [5, 5.41) is 0. The van der Waals surface area contributed by atoms with Gasteiger partial charge in [0.15, 0.2) is 0 Å². The third-order valence-corrected chi connectivity index (χ3v) is 4.51. The molecule has 4 heteroatoms. The zero-order valence-corrected chi connectivity index (χ0v) is 14.2. The maximum absolute atomic E-state index is 12.8. The maximum atomic E-state index is 12.8. The summed E-state index contributed by atoms with van der Waals surface area (Å²) in [6.07, 6.45) is 2.48. The van der Waals surface area contributed by atoms with Gasteiger partial charge in [0.05, 0.1) is 6.04 Å². The largest absolute Gasteiger partial charge is 0.335 e. The Morgan fingerprint density at radius 3 is 2.04 bits per heavy atom. The van der Waals surface area contributed by atoms with Gasteiger partial charge in [0, 0.05) is 30.8 Å². The lowest BCUT2D eigenvalue weighted by molar-refractivity contribution is 0.0390. The van der Waals surface area contributed by atoms with E-state index in [4.69, 9.17) is 0 Å². The molecule has 0 bridgehead atoms. The Labute approximate surface area is 148 Å². The van der Waals surface area contributed by atoms with Crippen LogP contribution in [0.15, 0.2) is 73.3 Å². The highest BCUT2D eigenvalue weighted by atomic mass is 16.2. The zero-order chi connectivity index (χ0) is 17.6. The van der Waals surface area contributed by atoms with Gasteiger partial charge in [0.25, 0.3) is 11.8 Å². The number of benzene rings is 2. The van der Waals surface area contributed by atoms with Gasteiger partial charge in [-0.3, -0.25) is 9.59 Å². The zero-order valence-electron chi connectivity index (χ0n) is 14.2. The molecule has 1 heterocycles. The Morgan fingerprint density at radius 2 is 1.48 bits per heavy atom. The predicted octanol–water partition coefficient (Wildman–Crippen LogP) is 3.23. The second kappa shape index (κ2) is 7.79. The van der Waals surface area contributed by atoms with Gasteiger partial charge >= 0.3 is 0 Å². The first-order valence-corrected chi connectivity index (χ1v) is 8.52. The molecule has 0 saturated carbocycles. The molecule has 25 heavy (non-hydrogen) atoms. The van der Waals surface area contributed by atoms with Gasteiger partial charge in [-0.2, -0.15) is 0 Å². The first-order valence-electron chi connectivity index (χ1n) is 8.52. The number of piperazine rings is 1. The summed E-state index contributed by atoms with van der Waals surface area (Å²) in [7, 11) is 0. The molecule has 1 fully saturated rings. The third-order valence-electron chi connectivity index (χ3n) is 4.51. The Morgan fingerprint density at radius 1 is 0.920 bits per heavy atom. The first kappa shape index (κ1) is 17.0. The van der Waals surface area contributed by atoms with Crippen molar-refractivity contribution < 1.29 is 9.59 Å². The van der Waals surface area contributed by atoms with Crippen molar-refractivity contribution in [2.75, 3.05) is 19.6 Å². The maximum Gasteiger partial charge on any atom is 0.254 e. The lowest BCUT2D eigenvalue weighted by Gasteiger charge is -2.41. The molecule has 128 valence electrons. The van der Waals surface area contributed by atoms with E-state index >= 15 is 0 Å². The Balaban J connectivity index is 1.75. The predicted molar refractivity (Wildman–Crippen MR) is 98.4 cm³/mol. The highest BCUT2D eigenvalue weighted by Crippen LogP contribution is 2.19. The molecule has 1 saturated heterocycles. The normalized spacial score (nSPS) is 17.2. The fourth-order valence-electron chi connectivity index (χ4n) is 3.21. The number of nitrogens with zero attached hydrogens (tertiary/aromatic N) is 2. The van der Waals surface area contributed by atoms with E-state index in [2.05, 4.69) is 6.58 Å². The van der Waals surface area contributed by atoms with Crippen molar-refractivity contribution in [3.63, 3.8) is 0 Å². The first-order chi connectivity index (χ1) is 12.2. The van der Waals surface area contributed by atoms with Gasteiger partial charge < -0.3 is 9.80 Å². The van der Waals surface area contributed by atoms with Crippen LogP contribution in [0, 0.1) is 0 Å². The van der Waals surface area contributed by atoms with Crippen LogP contribution >= 0.6 is 0 Å². The van der Waals surface area contributed by atoms with Gasteiger partial charge in [-0.15, -0.1) is 6.58 Å². The fraction of sp³-hybridized carbons (Fsp3) is 0.238. The molecule has 0 aromatic heterocycles. The van der Waals surface area contributed by atoms with Gasteiger partial charge in [0.1, 0.15) is 0 Å². The SMILES string of the molecule is C=CC[C@H]1CN(C(=O)c2ccccc2)CCN1C(=O)c1ccccc1. The van der Waals surface area contributed by atoms with Crippen LogP contribution in [-0.4, -0.2) is 47.3 Å². The van der Waals surface area contributed by atoms with Gasteiger partial charge in [-0.25, -0.2) is 0 Å². The van der Waals surface area contributed by atoms with Crippen molar-refractivity contribution in [1.82, 2.24) is 9.80 Å². The molecule has 0 unspecified atom stereocenters. The van der Waals surface area contributed by atoms with Crippen LogP contribution in [0.1, 0.15) is 27.1 Å². The molecular formula is C21H22N2O2. The Bertz CT molecular complexity index is 743. The van der Waals surface area contributed by atoms with E-state index in [1.807, 2.05) is 76.5 Å². The molecule has 2 aromatic carbocycles. The average Bonchev–Trinajstić information content (AvgIpc) is 2.68. The standard InChI is InChI=1S/C21H22N2O2/c1-2-9-19-16-22(20(24)17-10-5-3-6-11-17)14-15-23(19)21(25)18-12-7-4-8-13-18/h2-8,10-13,19H,1,9,14-16H2/t19-/m0/s1. The van der Waals surface area contributed by atoms with Crippen LogP contribution in [0.3, 0.4) is 0 Å². The van der Waals surface area contributed by atoms with E-state index < -0.39 is 0 Å². The average molecular weight is 334 g/mol. The molecule has 0 aliphatic carbocycles. The molecule has 1 aliphatic heterocycles. The molecule has 0 radical (unpaired) electrons. The molecular weight excluding hydrogens is 312 g/mol. The highest BCUT2D eigenvalue weighted by Gasteiger charge is 2.32. The minimum Gasteiger partial charge on any atom is -0.335 e. The van der Waals surface area contributed by atoms with Gasteiger partial charge in [0.2, 0.25) is 0 Å². The molecule has 2 aromatic rings. The molecule has 2 amide bonds. The second-order valence-corrected chi connectivity index (χ2v) is 6.16. The Kier molecular flexibility index (Phi) is 5.29. The number of carbonyl (C=O) groups excluding carboxylic acids is 2. The monoisotopic (exact) mass is 334 g/mol. The van der Waals surface area contributed by atoms with Gasteiger partial charge in [-0.05, 0) is 30.7 Å².